The molecule has 10 heteroatoms. The molecule has 0 atom stereocenters. The molecule has 0 saturated carbocycles. The van der Waals surface area contributed by atoms with E-state index in [0.717, 1.165) is 66.7 Å². The molecule has 3 aliphatic heterocycles. The van der Waals surface area contributed by atoms with Crippen molar-refractivity contribution >= 4 is 57.4 Å². The summed E-state index contributed by atoms with van der Waals surface area (Å²) in [5.74, 6) is 0.614. The zero-order valence-corrected chi connectivity index (χ0v) is 24.9. The van der Waals surface area contributed by atoms with Crippen LogP contribution in [0.2, 0.25) is 5.02 Å². The lowest BCUT2D eigenvalue weighted by molar-refractivity contribution is -0.119. The molecule has 3 aliphatic rings. The number of likely N-dealkylation sites (N-methyl/N-ethyl adjacent to an activating group) is 3. The number of rotatable bonds is 6. The molecule has 3 heterocycles. The van der Waals surface area contributed by atoms with Gasteiger partial charge in [-0.05, 0) is 55.6 Å². The number of anilines is 4. The Labute approximate surface area is 251 Å². The highest BCUT2D eigenvalue weighted by Crippen LogP contribution is 2.41. The van der Waals surface area contributed by atoms with Gasteiger partial charge in [-0.3, -0.25) is 14.5 Å². The van der Waals surface area contributed by atoms with E-state index < -0.39 is 0 Å². The molecule has 0 radical (unpaired) electrons. The van der Waals surface area contributed by atoms with Gasteiger partial charge < -0.3 is 30.1 Å². The zero-order chi connectivity index (χ0) is 29.4. The SMILES string of the molecule is CN1CCN(CC(=O)N(C)c2ccc(N/C(=C3\C(=O)Nc4cc(Cl)ccc43)c3ccc4c(c3)OCCN4C)cc2)CC1. The summed E-state index contributed by atoms with van der Waals surface area (Å²) >= 11 is 6.22. The third-order valence-corrected chi connectivity index (χ3v) is 8.41. The summed E-state index contributed by atoms with van der Waals surface area (Å²) < 4.78 is 5.98. The molecule has 0 aromatic heterocycles. The van der Waals surface area contributed by atoms with Crippen LogP contribution in [0.4, 0.5) is 22.7 Å². The number of hydrogen-bond donors (Lipinski definition) is 2. The number of nitrogens with zero attached hydrogens (tertiary/aromatic N) is 4. The Balaban J connectivity index is 1.29. The van der Waals surface area contributed by atoms with E-state index in [9.17, 15) is 9.59 Å². The van der Waals surface area contributed by atoms with E-state index in [4.69, 9.17) is 16.3 Å². The molecule has 6 rings (SSSR count). The van der Waals surface area contributed by atoms with E-state index in [1.807, 2.05) is 62.6 Å². The topological polar surface area (TPSA) is 80.4 Å². The van der Waals surface area contributed by atoms with Crippen molar-refractivity contribution in [2.75, 3.05) is 87.5 Å². The molecule has 218 valence electrons. The van der Waals surface area contributed by atoms with Crippen LogP contribution in [0.3, 0.4) is 0 Å². The number of amides is 2. The van der Waals surface area contributed by atoms with Crippen LogP contribution in [0.5, 0.6) is 5.75 Å². The summed E-state index contributed by atoms with van der Waals surface area (Å²) in [5, 5.41) is 7.01. The number of carbonyl (C=O) groups is 2. The number of carbonyl (C=O) groups excluding carboxylic acids is 2. The van der Waals surface area contributed by atoms with Crippen molar-refractivity contribution in [1.29, 1.82) is 0 Å². The Morgan fingerprint density at radius 2 is 1.76 bits per heavy atom. The minimum atomic E-state index is -0.212. The smallest absolute Gasteiger partial charge is 0.258 e. The van der Waals surface area contributed by atoms with E-state index in [0.29, 0.717) is 35.1 Å². The molecule has 3 aromatic carbocycles. The van der Waals surface area contributed by atoms with Gasteiger partial charge in [0.05, 0.1) is 35.7 Å². The van der Waals surface area contributed by atoms with Gasteiger partial charge in [0.1, 0.15) is 12.4 Å². The second-order valence-corrected chi connectivity index (χ2v) is 11.5. The van der Waals surface area contributed by atoms with Crippen molar-refractivity contribution in [3.63, 3.8) is 0 Å². The van der Waals surface area contributed by atoms with E-state index >= 15 is 0 Å². The van der Waals surface area contributed by atoms with Crippen LogP contribution in [0.15, 0.2) is 60.7 Å². The van der Waals surface area contributed by atoms with Gasteiger partial charge in [0, 0.05) is 67.8 Å². The fourth-order valence-corrected chi connectivity index (χ4v) is 5.72. The van der Waals surface area contributed by atoms with Gasteiger partial charge in [0.15, 0.2) is 0 Å². The van der Waals surface area contributed by atoms with Crippen LogP contribution in [-0.2, 0) is 9.59 Å². The second kappa shape index (κ2) is 11.7. The second-order valence-electron chi connectivity index (χ2n) is 11.1. The predicted molar refractivity (Wildman–Crippen MR) is 170 cm³/mol. The fraction of sp³-hybridized carbons (Fsp3) is 0.312. The largest absolute Gasteiger partial charge is 0.490 e. The fourth-order valence-electron chi connectivity index (χ4n) is 5.55. The molecule has 1 fully saturated rings. The molecule has 9 nitrogen and oxygen atoms in total. The lowest BCUT2D eigenvalue weighted by Crippen LogP contribution is -2.48. The Bertz CT molecular complexity index is 1550. The third kappa shape index (κ3) is 5.68. The van der Waals surface area contributed by atoms with Crippen LogP contribution < -0.4 is 25.2 Å². The quantitative estimate of drug-likeness (QED) is 0.417. The monoisotopic (exact) mass is 586 g/mol. The average molecular weight is 587 g/mol. The van der Waals surface area contributed by atoms with Crippen molar-refractivity contribution in [2.45, 2.75) is 0 Å². The molecule has 2 amide bonds. The van der Waals surface area contributed by atoms with Crippen LogP contribution in [0, 0.1) is 0 Å². The summed E-state index contributed by atoms with van der Waals surface area (Å²) in [6.45, 7) is 5.53. The highest BCUT2D eigenvalue weighted by Gasteiger charge is 2.29. The zero-order valence-electron chi connectivity index (χ0n) is 24.1. The van der Waals surface area contributed by atoms with Crippen molar-refractivity contribution in [3.05, 3.63) is 76.8 Å². The van der Waals surface area contributed by atoms with Gasteiger partial charge in [0.25, 0.3) is 5.91 Å². The van der Waals surface area contributed by atoms with Gasteiger partial charge in [0.2, 0.25) is 5.91 Å². The van der Waals surface area contributed by atoms with Gasteiger partial charge in [-0.2, -0.15) is 0 Å². The summed E-state index contributed by atoms with van der Waals surface area (Å²) in [7, 11) is 5.95. The van der Waals surface area contributed by atoms with Gasteiger partial charge in [-0.1, -0.05) is 23.7 Å². The molecule has 3 aromatic rings. The highest BCUT2D eigenvalue weighted by molar-refractivity contribution is 6.38. The first-order valence-electron chi connectivity index (χ1n) is 14.2. The van der Waals surface area contributed by atoms with Gasteiger partial charge in [-0.25, -0.2) is 0 Å². The first-order valence-corrected chi connectivity index (χ1v) is 14.5. The lowest BCUT2D eigenvalue weighted by atomic mass is 9.99. The molecule has 0 unspecified atom stereocenters. The Hall–Kier alpha value is -4.05. The minimum Gasteiger partial charge on any atom is -0.490 e. The van der Waals surface area contributed by atoms with E-state index in [-0.39, 0.29) is 11.8 Å². The van der Waals surface area contributed by atoms with Crippen molar-refractivity contribution in [1.82, 2.24) is 9.80 Å². The van der Waals surface area contributed by atoms with Gasteiger partial charge >= 0.3 is 0 Å². The first kappa shape index (κ1) is 28.1. The molecule has 0 aliphatic carbocycles. The summed E-state index contributed by atoms with van der Waals surface area (Å²) in [6.07, 6.45) is 0. The number of fused-ring (bicyclic) bond motifs is 2. The van der Waals surface area contributed by atoms with Gasteiger partial charge in [-0.15, -0.1) is 0 Å². The maximum atomic E-state index is 13.3. The van der Waals surface area contributed by atoms with Crippen LogP contribution in [0.1, 0.15) is 11.1 Å². The van der Waals surface area contributed by atoms with Crippen LogP contribution >= 0.6 is 11.6 Å². The van der Waals surface area contributed by atoms with Crippen molar-refractivity contribution in [3.8, 4) is 5.75 Å². The number of benzene rings is 3. The molecular weight excluding hydrogens is 552 g/mol. The molecular formula is C32H35ClN6O3. The average Bonchev–Trinajstić information content (AvgIpc) is 3.31. The summed E-state index contributed by atoms with van der Waals surface area (Å²) in [6, 6.07) is 19.1. The Morgan fingerprint density at radius 1 is 1.00 bits per heavy atom. The molecule has 0 bridgehead atoms. The molecule has 2 N–H and O–H groups in total. The maximum absolute atomic E-state index is 13.3. The Kier molecular flexibility index (Phi) is 7.81. The van der Waals surface area contributed by atoms with Crippen LogP contribution in [0.25, 0.3) is 11.3 Å². The maximum Gasteiger partial charge on any atom is 0.258 e. The number of halogens is 1. The normalized spacial score (nSPS) is 18.1. The standard InChI is InChI=1S/C32H35ClN6O3/c1-36-12-14-39(15-13-36)20-29(40)38(3)24-8-6-23(7-9-24)34-31(21-4-11-27-28(18-21)42-17-16-37(27)2)30-25-10-5-22(33)19-26(25)35-32(30)41/h4-11,18-19,34H,12-17,20H2,1-3H3,(H,35,41)/b31-30-. The van der Waals surface area contributed by atoms with E-state index in [1.54, 1.807) is 17.0 Å². The minimum absolute atomic E-state index is 0.0555. The number of piperazine rings is 1. The van der Waals surface area contributed by atoms with E-state index in [2.05, 4.69) is 32.4 Å². The van der Waals surface area contributed by atoms with E-state index in [1.165, 1.54) is 0 Å². The third-order valence-electron chi connectivity index (χ3n) is 8.17. The summed E-state index contributed by atoms with van der Waals surface area (Å²) in [5.41, 5.74) is 6.03. The summed E-state index contributed by atoms with van der Waals surface area (Å²) in [4.78, 5) is 34.7. The molecule has 42 heavy (non-hydrogen) atoms. The number of nitrogens with one attached hydrogen (secondary N) is 2. The van der Waals surface area contributed by atoms with Crippen molar-refractivity contribution in [2.24, 2.45) is 0 Å². The first-order chi connectivity index (χ1) is 20.3. The molecule has 1 saturated heterocycles. The van der Waals surface area contributed by atoms with Crippen LogP contribution in [-0.4, -0.2) is 88.6 Å². The number of hydrogen-bond acceptors (Lipinski definition) is 7. The predicted octanol–water partition coefficient (Wildman–Crippen LogP) is 4.31. The lowest BCUT2D eigenvalue weighted by Gasteiger charge is -2.32. The Morgan fingerprint density at radius 3 is 2.52 bits per heavy atom. The number of ether oxygens (including phenoxy) is 1. The highest BCUT2D eigenvalue weighted by atomic mass is 35.5. The van der Waals surface area contributed by atoms with Crippen molar-refractivity contribution < 1.29 is 14.3 Å². The molecule has 0 spiro atoms.